The van der Waals surface area contributed by atoms with Gasteiger partial charge < -0.3 is 14.9 Å². The third-order valence-corrected chi connectivity index (χ3v) is 2.76. The van der Waals surface area contributed by atoms with Crippen LogP contribution in [0.4, 0.5) is 4.79 Å². The number of ether oxygens (including phenoxy) is 1. The van der Waals surface area contributed by atoms with Crippen LogP contribution in [-0.4, -0.2) is 24.0 Å². The monoisotopic (exact) mass is 276 g/mol. The third-order valence-electron chi connectivity index (χ3n) is 2.76. The van der Waals surface area contributed by atoms with E-state index in [2.05, 4.69) is 10.5 Å². The molecule has 1 aliphatic heterocycles. The predicted molar refractivity (Wildman–Crippen MR) is 76.6 cm³/mol. The summed E-state index contributed by atoms with van der Waals surface area (Å²) in [7, 11) is 0. The minimum Gasteiger partial charge on any atom is -0.444 e. The highest BCUT2D eigenvalue weighted by Gasteiger charge is 2.26. The van der Waals surface area contributed by atoms with Crippen molar-refractivity contribution in [2.45, 2.75) is 38.8 Å². The topological polar surface area (TPSA) is 59.9 Å². The normalized spacial score (nSPS) is 16.1. The van der Waals surface area contributed by atoms with Crippen LogP contribution in [0.3, 0.4) is 0 Å². The molecule has 108 valence electrons. The molecule has 0 bridgehead atoms. The molecule has 1 aromatic rings. The molecule has 0 saturated carbocycles. The summed E-state index contributed by atoms with van der Waals surface area (Å²) in [5, 5.41) is 6.87. The Hall–Kier alpha value is -2.04. The van der Waals surface area contributed by atoms with Crippen LogP contribution in [0.25, 0.3) is 0 Å². The molecule has 0 aromatic heterocycles. The van der Waals surface area contributed by atoms with Gasteiger partial charge in [0.2, 0.25) is 0 Å². The average molecular weight is 276 g/mol. The number of hydrogen-bond acceptors (Lipinski definition) is 4. The summed E-state index contributed by atoms with van der Waals surface area (Å²) in [6.45, 7) is 6.05. The first-order chi connectivity index (χ1) is 9.46. The molecule has 2 rings (SSSR count). The van der Waals surface area contributed by atoms with Crippen LogP contribution in [0.2, 0.25) is 0 Å². The molecule has 1 N–H and O–H groups in total. The molecular weight excluding hydrogens is 256 g/mol. The van der Waals surface area contributed by atoms with Crippen LogP contribution in [0, 0.1) is 0 Å². The zero-order valence-corrected chi connectivity index (χ0v) is 12.1. The van der Waals surface area contributed by atoms with Crippen molar-refractivity contribution >= 4 is 11.8 Å². The lowest BCUT2D eigenvalue weighted by molar-refractivity contribution is 0.0517. The van der Waals surface area contributed by atoms with E-state index >= 15 is 0 Å². The fourth-order valence-electron chi connectivity index (χ4n) is 1.95. The lowest BCUT2D eigenvalue weighted by Crippen LogP contribution is -2.37. The second-order valence-corrected chi connectivity index (χ2v) is 5.66. The molecule has 20 heavy (non-hydrogen) atoms. The SMILES string of the molecule is CC(C)(C)OC(=O)NC(C1=NOCC1)c1ccccc1. The van der Waals surface area contributed by atoms with E-state index in [1.54, 1.807) is 0 Å². The zero-order valence-electron chi connectivity index (χ0n) is 12.1. The van der Waals surface area contributed by atoms with Gasteiger partial charge in [0.25, 0.3) is 0 Å². The summed E-state index contributed by atoms with van der Waals surface area (Å²) in [6.07, 6.45) is 0.246. The lowest BCUT2D eigenvalue weighted by atomic mass is 10.0. The minimum absolute atomic E-state index is 0.312. The van der Waals surface area contributed by atoms with Crippen LogP contribution in [0.5, 0.6) is 0 Å². The highest BCUT2D eigenvalue weighted by molar-refractivity contribution is 5.93. The molecule has 1 aromatic carbocycles. The number of hydrogen-bond donors (Lipinski definition) is 1. The number of benzene rings is 1. The summed E-state index contributed by atoms with van der Waals surface area (Å²) < 4.78 is 5.30. The van der Waals surface area contributed by atoms with E-state index in [0.29, 0.717) is 13.0 Å². The Kier molecular flexibility index (Phi) is 4.27. The zero-order chi connectivity index (χ0) is 14.6. The summed E-state index contributed by atoms with van der Waals surface area (Å²) >= 11 is 0. The van der Waals surface area contributed by atoms with Gasteiger partial charge >= 0.3 is 6.09 Å². The first kappa shape index (κ1) is 14.4. The number of carbonyl (C=O) groups is 1. The Morgan fingerprint density at radius 2 is 2.05 bits per heavy atom. The number of oxime groups is 1. The van der Waals surface area contributed by atoms with Crippen molar-refractivity contribution in [3.8, 4) is 0 Å². The van der Waals surface area contributed by atoms with Crippen molar-refractivity contribution in [1.82, 2.24) is 5.32 Å². The van der Waals surface area contributed by atoms with E-state index in [1.165, 1.54) is 0 Å². The predicted octanol–water partition coefficient (Wildman–Crippen LogP) is 3.03. The molecule has 0 fully saturated rings. The Bertz CT molecular complexity index is 492. The smallest absolute Gasteiger partial charge is 0.408 e. The summed E-state index contributed by atoms with van der Waals surface area (Å²) in [5.74, 6) is 0. The average Bonchev–Trinajstić information content (AvgIpc) is 2.88. The Morgan fingerprint density at radius 1 is 1.35 bits per heavy atom. The van der Waals surface area contributed by atoms with Gasteiger partial charge in [-0.2, -0.15) is 0 Å². The number of alkyl carbamates (subject to hydrolysis) is 1. The van der Waals surface area contributed by atoms with Gasteiger partial charge in [0.05, 0.1) is 11.8 Å². The molecule has 5 nitrogen and oxygen atoms in total. The molecule has 1 atom stereocenters. The molecule has 1 amide bonds. The van der Waals surface area contributed by atoms with Crippen molar-refractivity contribution in [3.05, 3.63) is 35.9 Å². The molecule has 1 heterocycles. The molecule has 5 heteroatoms. The van der Waals surface area contributed by atoms with Gasteiger partial charge in [0, 0.05) is 6.42 Å². The lowest BCUT2D eigenvalue weighted by Gasteiger charge is -2.23. The first-order valence-electron chi connectivity index (χ1n) is 6.69. The number of nitrogens with zero attached hydrogens (tertiary/aromatic N) is 1. The van der Waals surface area contributed by atoms with Crippen molar-refractivity contribution < 1.29 is 14.4 Å². The molecule has 1 unspecified atom stereocenters. The molecule has 0 spiro atoms. The Balaban J connectivity index is 2.14. The maximum Gasteiger partial charge on any atom is 0.408 e. The van der Waals surface area contributed by atoms with Crippen LogP contribution < -0.4 is 5.32 Å². The summed E-state index contributed by atoms with van der Waals surface area (Å²) in [4.78, 5) is 17.0. The van der Waals surface area contributed by atoms with Crippen LogP contribution in [0.15, 0.2) is 35.5 Å². The number of carbonyl (C=O) groups excluding carboxylic acids is 1. The van der Waals surface area contributed by atoms with Gasteiger partial charge in [0.1, 0.15) is 12.2 Å². The first-order valence-corrected chi connectivity index (χ1v) is 6.69. The van der Waals surface area contributed by atoms with E-state index in [1.807, 2.05) is 51.1 Å². The minimum atomic E-state index is -0.528. The molecule has 0 radical (unpaired) electrons. The summed E-state index contributed by atoms with van der Waals surface area (Å²) in [5.41, 5.74) is 1.24. The molecular formula is C15H20N2O3. The summed E-state index contributed by atoms with van der Waals surface area (Å²) in [6, 6.07) is 9.37. The molecule has 0 aliphatic carbocycles. The molecule has 0 saturated heterocycles. The quantitative estimate of drug-likeness (QED) is 0.923. The van der Waals surface area contributed by atoms with Gasteiger partial charge in [-0.25, -0.2) is 4.79 Å². The standard InChI is InChI=1S/C15H20N2O3/c1-15(2,3)20-14(18)16-13(12-9-10-19-17-12)11-7-5-4-6-8-11/h4-8,13H,9-10H2,1-3H3,(H,16,18). The Labute approximate surface area is 118 Å². The van der Waals surface area contributed by atoms with E-state index in [9.17, 15) is 4.79 Å². The molecule has 1 aliphatic rings. The van der Waals surface area contributed by atoms with Gasteiger partial charge in [-0.1, -0.05) is 35.5 Å². The van der Waals surface area contributed by atoms with Gasteiger partial charge in [0.15, 0.2) is 0 Å². The highest BCUT2D eigenvalue weighted by atomic mass is 16.6. The fraction of sp³-hybridized carbons (Fsp3) is 0.467. The van der Waals surface area contributed by atoms with Gasteiger partial charge in [-0.3, -0.25) is 0 Å². The number of nitrogens with one attached hydrogen (secondary N) is 1. The van der Waals surface area contributed by atoms with Crippen LogP contribution >= 0.6 is 0 Å². The van der Waals surface area contributed by atoms with Crippen LogP contribution in [-0.2, 0) is 9.57 Å². The third kappa shape index (κ3) is 3.98. The fourth-order valence-corrected chi connectivity index (χ4v) is 1.95. The van der Waals surface area contributed by atoms with E-state index in [4.69, 9.17) is 9.57 Å². The Morgan fingerprint density at radius 3 is 2.60 bits per heavy atom. The van der Waals surface area contributed by atoms with E-state index < -0.39 is 11.7 Å². The second kappa shape index (κ2) is 5.94. The van der Waals surface area contributed by atoms with Crippen molar-refractivity contribution in [1.29, 1.82) is 0 Å². The highest BCUT2D eigenvalue weighted by Crippen LogP contribution is 2.20. The van der Waals surface area contributed by atoms with Crippen LogP contribution in [0.1, 0.15) is 38.8 Å². The maximum absolute atomic E-state index is 12.0. The van der Waals surface area contributed by atoms with Crippen molar-refractivity contribution in [2.24, 2.45) is 5.16 Å². The number of amides is 1. The van der Waals surface area contributed by atoms with Crippen molar-refractivity contribution in [2.75, 3.05) is 6.61 Å². The van der Waals surface area contributed by atoms with Gasteiger partial charge in [-0.15, -0.1) is 0 Å². The van der Waals surface area contributed by atoms with Crippen molar-refractivity contribution in [3.63, 3.8) is 0 Å². The van der Waals surface area contributed by atoms with Gasteiger partial charge in [-0.05, 0) is 26.3 Å². The maximum atomic E-state index is 12.0. The van der Waals surface area contributed by atoms with E-state index in [0.717, 1.165) is 11.3 Å². The number of rotatable bonds is 3. The second-order valence-electron chi connectivity index (χ2n) is 5.66. The largest absolute Gasteiger partial charge is 0.444 e. The van der Waals surface area contributed by atoms with E-state index in [-0.39, 0.29) is 6.04 Å².